The highest BCUT2D eigenvalue weighted by Crippen LogP contribution is 2.38. The van der Waals surface area contributed by atoms with Crippen LogP contribution in [-0.4, -0.2) is 8.07 Å². The van der Waals surface area contributed by atoms with Gasteiger partial charge in [0.25, 0.3) is 0 Å². The average Bonchev–Trinajstić information content (AvgIpc) is 3.11. The quantitative estimate of drug-likeness (QED) is 0.394. The Hall–Kier alpha value is -2.28. The summed E-state index contributed by atoms with van der Waals surface area (Å²) >= 11 is 0. The third kappa shape index (κ3) is 3.94. The van der Waals surface area contributed by atoms with E-state index in [1.54, 1.807) is 13.1 Å². The predicted octanol–water partition coefficient (Wildman–Crippen LogP) is 6.59. The second kappa shape index (κ2) is 6.95. The van der Waals surface area contributed by atoms with Crippen LogP contribution in [0.25, 0.3) is 5.57 Å². The molecule has 3 rings (SSSR count). The number of hydrogen-bond donors (Lipinski definition) is 0. The number of alkyl halides is 6. The number of allylic oxidation sites excluding steroid dienone is 4. The number of hydrogen-bond acceptors (Lipinski definition) is 0. The van der Waals surface area contributed by atoms with Gasteiger partial charge in [-0.3, -0.25) is 0 Å². The number of halogens is 6. The van der Waals surface area contributed by atoms with Crippen LogP contribution in [-0.2, 0) is 12.4 Å². The molecule has 0 atom stereocenters. The van der Waals surface area contributed by atoms with Gasteiger partial charge in [-0.25, -0.2) is 0 Å². The van der Waals surface area contributed by atoms with Crippen molar-refractivity contribution in [3.05, 3.63) is 82.6 Å². The second-order valence-corrected chi connectivity index (χ2v) is 11.7. The van der Waals surface area contributed by atoms with E-state index in [2.05, 4.69) is 0 Å². The third-order valence-electron chi connectivity index (χ3n) is 5.08. The predicted molar refractivity (Wildman–Crippen MR) is 101 cm³/mol. The Morgan fingerprint density at radius 3 is 1.82 bits per heavy atom. The highest BCUT2D eigenvalue weighted by Gasteiger charge is 2.40. The van der Waals surface area contributed by atoms with E-state index in [4.69, 9.17) is 0 Å². The lowest BCUT2D eigenvalue weighted by Crippen LogP contribution is -2.45. The average molecular weight is 412 g/mol. The summed E-state index contributed by atoms with van der Waals surface area (Å²) in [6.07, 6.45) is -5.35. The smallest absolute Gasteiger partial charge is 0.166 e. The summed E-state index contributed by atoms with van der Waals surface area (Å²) in [6.45, 7) is 3.60. The van der Waals surface area contributed by atoms with E-state index in [0.29, 0.717) is 6.42 Å². The van der Waals surface area contributed by atoms with Crippen molar-refractivity contribution in [3.63, 3.8) is 0 Å². The van der Waals surface area contributed by atoms with Gasteiger partial charge >= 0.3 is 12.4 Å². The maximum atomic E-state index is 13.3. The Kier molecular flexibility index (Phi) is 5.08. The second-order valence-electron chi connectivity index (χ2n) is 7.28. The fourth-order valence-corrected chi connectivity index (χ4v) is 6.39. The summed E-state index contributed by atoms with van der Waals surface area (Å²) in [7, 11) is -2.80. The minimum Gasteiger partial charge on any atom is -0.166 e. The van der Waals surface area contributed by atoms with Crippen molar-refractivity contribution in [3.8, 4) is 0 Å². The van der Waals surface area contributed by atoms with E-state index in [0.717, 1.165) is 28.5 Å². The van der Waals surface area contributed by atoms with E-state index in [9.17, 15) is 26.3 Å². The first kappa shape index (κ1) is 20.5. The van der Waals surface area contributed by atoms with E-state index in [1.807, 2.05) is 42.5 Å². The Morgan fingerprint density at radius 1 is 0.786 bits per heavy atom. The summed E-state index contributed by atoms with van der Waals surface area (Å²) in [4.78, 5) is 0. The fourth-order valence-electron chi connectivity index (χ4n) is 3.48. The van der Waals surface area contributed by atoms with Crippen LogP contribution in [0.15, 0.2) is 65.9 Å². The molecule has 0 aliphatic heterocycles. The molecule has 2 aromatic rings. The molecular weight excluding hydrogens is 394 g/mol. The lowest BCUT2D eigenvalue weighted by molar-refractivity contribution is -0.142. The van der Waals surface area contributed by atoms with Gasteiger partial charge in [-0.15, -0.1) is 0 Å². The Morgan fingerprint density at radius 2 is 1.32 bits per heavy atom. The molecule has 148 valence electrons. The number of benzene rings is 2. The van der Waals surface area contributed by atoms with E-state index >= 15 is 0 Å². The van der Waals surface area contributed by atoms with E-state index < -0.39 is 31.6 Å². The van der Waals surface area contributed by atoms with Crippen LogP contribution in [0.1, 0.15) is 23.1 Å². The molecule has 0 saturated heterocycles. The first-order chi connectivity index (χ1) is 12.9. The Bertz CT molecular complexity index is 901. The first-order valence-electron chi connectivity index (χ1n) is 8.66. The fraction of sp³-hybridized carbons (Fsp3) is 0.238. The standard InChI is InChI=1S/C21H18F6Si/c1-28(2,19-10-6-9-18(19)14-7-4-3-5-8-14)17-12-15(20(22,23)24)11-16(13-17)21(25,26)27/h3-9,11-13H,10H2,1-2H3. The van der Waals surface area contributed by atoms with Crippen molar-refractivity contribution in [1.82, 2.24) is 0 Å². The minimum atomic E-state index is -4.84. The summed E-state index contributed by atoms with van der Waals surface area (Å²) in [5.41, 5.74) is -0.713. The minimum absolute atomic E-state index is 0.127. The molecule has 0 fully saturated rings. The molecule has 0 aromatic heterocycles. The van der Waals surface area contributed by atoms with Crippen molar-refractivity contribution in [2.24, 2.45) is 0 Å². The molecule has 0 unspecified atom stereocenters. The van der Waals surface area contributed by atoms with Gasteiger partial charge in [0, 0.05) is 0 Å². The Labute approximate surface area is 160 Å². The van der Waals surface area contributed by atoms with Crippen molar-refractivity contribution in [2.75, 3.05) is 0 Å². The molecule has 7 heteroatoms. The molecule has 0 N–H and O–H groups in total. The van der Waals surface area contributed by atoms with Crippen LogP contribution in [0, 0.1) is 0 Å². The molecule has 0 bridgehead atoms. The van der Waals surface area contributed by atoms with Crippen LogP contribution < -0.4 is 5.19 Å². The van der Waals surface area contributed by atoms with Crippen LogP contribution in [0.5, 0.6) is 0 Å². The molecule has 0 saturated carbocycles. The summed E-state index contributed by atoms with van der Waals surface area (Å²) < 4.78 is 79.6. The summed E-state index contributed by atoms with van der Waals surface area (Å²) in [6, 6.07) is 11.3. The monoisotopic (exact) mass is 412 g/mol. The molecule has 28 heavy (non-hydrogen) atoms. The van der Waals surface area contributed by atoms with Gasteiger partial charge in [0.05, 0.1) is 11.1 Å². The molecule has 0 amide bonds. The van der Waals surface area contributed by atoms with Crippen molar-refractivity contribution in [1.29, 1.82) is 0 Å². The van der Waals surface area contributed by atoms with Gasteiger partial charge < -0.3 is 0 Å². The molecule has 1 aliphatic carbocycles. The van der Waals surface area contributed by atoms with Gasteiger partial charge in [0.2, 0.25) is 0 Å². The normalized spacial score (nSPS) is 15.4. The van der Waals surface area contributed by atoms with Crippen molar-refractivity contribution in [2.45, 2.75) is 31.9 Å². The van der Waals surface area contributed by atoms with Crippen LogP contribution in [0.4, 0.5) is 26.3 Å². The van der Waals surface area contributed by atoms with Gasteiger partial charge in [0.15, 0.2) is 0 Å². The zero-order chi connectivity index (χ0) is 20.7. The third-order valence-corrected chi connectivity index (χ3v) is 8.79. The highest BCUT2D eigenvalue weighted by molar-refractivity contribution is 6.96. The van der Waals surface area contributed by atoms with Crippen molar-refractivity contribution < 1.29 is 26.3 Å². The van der Waals surface area contributed by atoms with Gasteiger partial charge in [-0.1, -0.05) is 78.1 Å². The molecular formula is C21H18F6Si. The van der Waals surface area contributed by atoms with Gasteiger partial charge in [0.1, 0.15) is 8.07 Å². The SMILES string of the molecule is C[Si](C)(C1=C(c2ccccc2)C=CC1)c1cc(C(F)(F)F)cc(C(F)(F)F)c1. The van der Waals surface area contributed by atoms with Crippen molar-refractivity contribution >= 4 is 18.8 Å². The van der Waals surface area contributed by atoms with Crippen LogP contribution in [0.2, 0.25) is 13.1 Å². The lowest BCUT2D eigenvalue weighted by Gasteiger charge is -2.28. The molecule has 0 spiro atoms. The van der Waals surface area contributed by atoms with Gasteiger partial charge in [-0.05, 0) is 23.6 Å². The van der Waals surface area contributed by atoms with Crippen LogP contribution >= 0.6 is 0 Å². The lowest BCUT2D eigenvalue weighted by atomic mass is 10.1. The zero-order valence-electron chi connectivity index (χ0n) is 15.2. The maximum Gasteiger partial charge on any atom is 0.416 e. The maximum absolute atomic E-state index is 13.3. The summed E-state index contributed by atoms with van der Waals surface area (Å²) in [5.74, 6) is 0. The summed E-state index contributed by atoms with van der Waals surface area (Å²) in [5, 5.41) is 1.05. The largest absolute Gasteiger partial charge is 0.416 e. The highest BCUT2D eigenvalue weighted by atomic mass is 28.3. The molecule has 0 radical (unpaired) electrons. The number of rotatable bonds is 3. The van der Waals surface area contributed by atoms with E-state index in [-0.39, 0.29) is 11.3 Å². The Balaban J connectivity index is 2.19. The zero-order valence-corrected chi connectivity index (χ0v) is 16.2. The first-order valence-corrected chi connectivity index (χ1v) is 11.7. The molecule has 0 heterocycles. The molecule has 2 aromatic carbocycles. The molecule has 1 aliphatic rings. The topological polar surface area (TPSA) is 0 Å². The van der Waals surface area contributed by atoms with Crippen LogP contribution in [0.3, 0.4) is 0 Å². The van der Waals surface area contributed by atoms with E-state index in [1.165, 1.54) is 0 Å². The molecule has 0 nitrogen and oxygen atoms in total. The van der Waals surface area contributed by atoms with Gasteiger partial charge in [-0.2, -0.15) is 26.3 Å².